The number of anilines is 2. The van der Waals surface area contributed by atoms with Gasteiger partial charge in [0.1, 0.15) is 5.82 Å². The maximum absolute atomic E-state index is 13.1. The van der Waals surface area contributed by atoms with E-state index in [1.54, 1.807) is 6.20 Å². The molecule has 35 heavy (non-hydrogen) atoms. The number of fused-ring (bicyclic) bond motifs is 1. The van der Waals surface area contributed by atoms with Gasteiger partial charge < -0.3 is 10.2 Å². The third kappa shape index (κ3) is 4.61. The topological polar surface area (TPSA) is 90.0 Å². The lowest BCUT2D eigenvalue weighted by Crippen LogP contribution is -2.36. The van der Waals surface area contributed by atoms with Crippen LogP contribution in [-0.4, -0.2) is 57.2 Å². The van der Waals surface area contributed by atoms with Gasteiger partial charge in [0.2, 0.25) is 0 Å². The van der Waals surface area contributed by atoms with Gasteiger partial charge in [0.25, 0.3) is 5.91 Å². The van der Waals surface area contributed by atoms with E-state index in [0.717, 1.165) is 60.6 Å². The van der Waals surface area contributed by atoms with Gasteiger partial charge >= 0.3 is 0 Å². The molecule has 0 aliphatic carbocycles. The number of aromatic nitrogens is 4. The minimum Gasteiger partial charge on any atom is -0.357 e. The molecule has 8 nitrogen and oxygen atoms in total. The highest BCUT2D eigenvalue weighted by atomic mass is 16.1. The number of H-pyrrole nitrogens is 1. The molecule has 2 aliphatic rings. The molecule has 5 heterocycles. The second-order valence-electron chi connectivity index (χ2n) is 9.45. The lowest BCUT2D eigenvalue weighted by Gasteiger charge is -2.30. The summed E-state index contributed by atoms with van der Waals surface area (Å²) >= 11 is 0. The summed E-state index contributed by atoms with van der Waals surface area (Å²) in [7, 11) is 0. The summed E-state index contributed by atoms with van der Waals surface area (Å²) in [5, 5.41) is 11.0. The minimum atomic E-state index is -0.259. The molecule has 0 atom stereocenters. The number of amides is 1. The SMILES string of the molecule is O=C(Nc1ccc(N2CCCCC2)nc1)c1n[nH]c2ccc(-c3cncc(CN4CCC4)c3)cc12. The molecule has 2 fully saturated rings. The maximum atomic E-state index is 13.1. The molecule has 0 radical (unpaired) electrons. The van der Waals surface area contributed by atoms with Crippen LogP contribution in [0.2, 0.25) is 0 Å². The van der Waals surface area contributed by atoms with Gasteiger partial charge in [0.05, 0.1) is 17.4 Å². The molecule has 4 aromatic rings. The number of carbonyl (C=O) groups is 1. The Kier molecular flexibility index (Phi) is 5.88. The number of benzene rings is 1. The quantitative estimate of drug-likeness (QED) is 0.435. The molecule has 1 aromatic carbocycles. The fourth-order valence-electron chi connectivity index (χ4n) is 4.86. The summed E-state index contributed by atoms with van der Waals surface area (Å²) < 4.78 is 0. The van der Waals surface area contributed by atoms with Crippen molar-refractivity contribution in [1.82, 2.24) is 25.1 Å². The highest BCUT2D eigenvalue weighted by Crippen LogP contribution is 2.27. The molecular weight excluding hydrogens is 438 g/mol. The van der Waals surface area contributed by atoms with E-state index in [0.29, 0.717) is 11.4 Å². The fraction of sp³-hybridized carbons (Fsp3) is 0.333. The zero-order valence-electron chi connectivity index (χ0n) is 19.7. The van der Waals surface area contributed by atoms with Crippen molar-refractivity contribution >= 4 is 28.3 Å². The van der Waals surface area contributed by atoms with Crippen molar-refractivity contribution in [1.29, 1.82) is 0 Å². The number of hydrogen-bond donors (Lipinski definition) is 2. The lowest BCUT2D eigenvalue weighted by atomic mass is 10.0. The van der Waals surface area contributed by atoms with Gasteiger partial charge in [-0.05, 0) is 80.2 Å². The van der Waals surface area contributed by atoms with Crippen LogP contribution in [0.3, 0.4) is 0 Å². The third-order valence-corrected chi connectivity index (χ3v) is 6.95. The normalized spacial score (nSPS) is 16.3. The number of hydrogen-bond acceptors (Lipinski definition) is 6. The highest BCUT2D eigenvalue weighted by molar-refractivity contribution is 6.11. The van der Waals surface area contributed by atoms with Crippen molar-refractivity contribution in [3.63, 3.8) is 0 Å². The summed E-state index contributed by atoms with van der Waals surface area (Å²) in [6, 6.07) is 12.1. The van der Waals surface area contributed by atoms with Crippen LogP contribution in [0.15, 0.2) is 55.0 Å². The number of rotatable bonds is 6. The predicted octanol–water partition coefficient (Wildman–Crippen LogP) is 4.47. The van der Waals surface area contributed by atoms with Gasteiger partial charge in [-0.25, -0.2) is 4.98 Å². The van der Waals surface area contributed by atoms with Crippen LogP contribution >= 0.6 is 0 Å². The van der Waals surface area contributed by atoms with E-state index in [2.05, 4.69) is 41.3 Å². The van der Waals surface area contributed by atoms with Crippen LogP contribution in [0.5, 0.6) is 0 Å². The van der Waals surface area contributed by atoms with Crippen molar-refractivity contribution in [2.45, 2.75) is 32.2 Å². The van der Waals surface area contributed by atoms with Gasteiger partial charge in [0, 0.05) is 43.0 Å². The van der Waals surface area contributed by atoms with Gasteiger partial charge in [-0.15, -0.1) is 0 Å². The van der Waals surface area contributed by atoms with Crippen LogP contribution in [0.25, 0.3) is 22.0 Å². The van der Waals surface area contributed by atoms with Crippen LogP contribution in [0, 0.1) is 0 Å². The van der Waals surface area contributed by atoms with Crippen molar-refractivity contribution in [2.24, 2.45) is 0 Å². The summed E-state index contributed by atoms with van der Waals surface area (Å²) in [6.45, 7) is 5.31. The molecule has 0 unspecified atom stereocenters. The number of piperidine rings is 1. The minimum absolute atomic E-state index is 0.259. The number of nitrogens with one attached hydrogen (secondary N) is 2. The van der Waals surface area contributed by atoms with E-state index in [9.17, 15) is 4.79 Å². The molecule has 2 saturated heterocycles. The Bertz CT molecular complexity index is 1340. The molecule has 178 valence electrons. The van der Waals surface area contributed by atoms with Crippen LogP contribution in [0.1, 0.15) is 41.7 Å². The Morgan fingerprint density at radius 1 is 0.914 bits per heavy atom. The first-order valence-corrected chi connectivity index (χ1v) is 12.4. The first kappa shape index (κ1) is 21.7. The van der Waals surface area contributed by atoms with Crippen molar-refractivity contribution in [2.75, 3.05) is 36.4 Å². The Balaban J connectivity index is 1.21. The average Bonchev–Trinajstić information content (AvgIpc) is 3.31. The highest BCUT2D eigenvalue weighted by Gasteiger charge is 2.18. The molecular formula is C27H29N7O. The monoisotopic (exact) mass is 467 g/mol. The van der Waals surface area contributed by atoms with Crippen molar-refractivity contribution in [3.05, 3.63) is 66.2 Å². The van der Waals surface area contributed by atoms with Crippen LogP contribution < -0.4 is 10.2 Å². The zero-order valence-corrected chi connectivity index (χ0v) is 19.7. The Morgan fingerprint density at radius 2 is 1.80 bits per heavy atom. The van der Waals surface area contributed by atoms with E-state index < -0.39 is 0 Å². The average molecular weight is 468 g/mol. The lowest BCUT2D eigenvalue weighted by molar-refractivity contribution is 0.102. The number of nitrogens with zero attached hydrogens (tertiary/aromatic N) is 5. The summed E-state index contributed by atoms with van der Waals surface area (Å²) in [4.78, 5) is 26.8. The van der Waals surface area contributed by atoms with Crippen molar-refractivity contribution in [3.8, 4) is 11.1 Å². The zero-order chi connectivity index (χ0) is 23.6. The fourth-order valence-corrected chi connectivity index (χ4v) is 4.86. The van der Waals surface area contributed by atoms with E-state index in [1.807, 2.05) is 42.7 Å². The van der Waals surface area contributed by atoms with Crippen molar-refractivity contribution < 1.29 is 4.79 Å². The molecule has 0 spiro atoms. The predicted molar refractivity (Wildman–Crippen MR) is 137 cm³/mol. The molecule has 3 aromatic heterocycles. The second-order valence-corrected chi connectivity index (χ2v) is 9.45. The largest absolute Gasteiger partial charge is 0.357 e. The maximum Gasteiger partial charge on any atom is 0.276 e. The summed E-state index contributed by atoms with van der Waals surface area (Å²) in [6.07, 6.45) is 10.5. The molecule has 2 aliphatic heterocycles. The number of aromatic amines is 1. The molecule has 0 saturated carbocycles. The Hall–Kier alpha value is -3.78. The smallest absolute Gasteiger partial charge is 0.276 e. The molecule has 8 heteroatoms. The summed E-state index contributed by atoms with van der Waals surface area (Å²) in [5.41, 5.74) is 5.10. The Labute approximate surface area is 204 Å². The van der Waals surface area contributed by atoms with Gasteiger partial charge in [-0.3, -0.25) is 19.8 Å². The summed E-state index contributed by atoms with van der Waals surface area (Å²) in [5.74, 6) is 0.702. The number of pyridine rings is 2. The van der Waals surface area contributed by atoms with Gasteiger partial charge in [0.15, 0.2) is 5.69 Å². The van der Waals surface area contributed by atoms with E-state index in [1.165, 1.54) is 31.2 Å². The number of likely N-dealkylation sites (tertiary alicyclic amines) is 1. The molecule has 2 N–H and O–H groups in total. The van der Waals surface area contributed by atoms with E-state index >= 15 is 0 Å². The second kappa shape index (κ2) is 9.46. The standard InChI is InChI=1S/C27H29N7O/c35-27(30-22-6-8-25(29-17-22)34-11-2-1-3-12-34)26-23-14-20(5-7-24(23)31-32-26)21-13-19(15-28-16-21)18-33-9-4-10-33/h5-8,13-17H,1-4,9-12,18H2,(H,30,35)(H,31,32). The van der Waals surface area contributed by atoms with E-state index in [4.69, 9.17) is 0 Å². The van der Waals surface area contributed by atoms with Crippen LogP contribution in [-0.2, 0) is 6.54 Å². The first-order chi connectivity index (χ1) is 17.2. The molecule has 1 amide bonds. The van der Waals surface area contributed by atoms with E-state index in [-0.39, 0.29) is 5.91 Å². The first-order valence-electron chi connectivity index (χ1n) is 12.4. The van der Waals surface area contributed by atoms with Gasteiger partial charge in [-0.2, -0.15) is 5.10 Å². The molecule has 6 rings (SSSR count). The van der Waals surface area contributed by atoms with Crippen LogP contribution in [0.4, 0.5) is 11.5 Å². The van der Waals surface area contributed by atoms with Gasteiger partial charge in [-0.1, -0.05) is 6.07 Å². The number of carbonyl (C=O) groups excluding carboxylic acids is 1. The molecule has 0 bridgehead atoms. The Morgan fingerprint density at radius 3 is 2.57 bits per heavy atom. The third-order valence-electron chi connectivity index (χ3n) is 6.95.